The van der Waals surface area contributed by atoms with Crippen LogP contribution in [-0.2, 0) is 32.7 Å². The summed E-state index contributed by atoms with van der Waals surface area (Å²) in [6.45, 7) is 0. The molecule has 0 saturated heterocycles. The van der Waals surface area contributed by atoms with Crippen LogP contribution in [0.1, 0.15) is 5.56 Å². The summed E-state index contributed by atoms with van der Waals surface area (Å²) in [7, 11) is 0. The average molecular weight is 260 g/mol. The van der Waals surface area contributed by atoms with Gasteiger partial charge in [-0.25, -0.2) is 0 Å². The van der Waals surface area contributed by atoms with Crippen molar-refractivity contribution in [3.63, 3.8) is 0 Å². The van der Waals surface area contributed by atoms with Gasteiger partial charge in [0.05, 0.1) is 6.21 Å². The molecule has 0 spiro atoms. The van der Waals surface area contributed by atoms with Gasteiger partial charge in [0.1, 0.15) is 0 Å². The number of hydrogen-bond acceptors (Lipinski definition) is 2. The van der Waals surface area contributed by atoms with Gasteiger partial charge in [-0.2, -0.15) is 0 Å². The fourth-order valence-corrected chi connectivity index (χ4v) is 0.742. The van der Waals surface area contributed by atoms with Gasteiger partial charge in [0, 0.05) is 37.7 Å². The Kier molecular flexibility index (Phi) is 9.39. The molecule has 1 aromatic rings. The predicted octanol–water partition coefficient (Wildman–Crippen LogP) is 2.60. The SMILES string of the molecule is O/N=C/c1ccc(Cl)cc1.[CH3-].[Y]. The van der Waals surface area contributed by atoms with Gasteiger partial charge >= 0.3 is 0 Å². The third-order valence-electron chi connectivity index (χ3n) is 1.08. The molecular weight excluding hydrogens is 250 g/mol. The van der Waals surface area contributed by atoms with E-state index in [9.17, 15) is 0 Å². The van der Waals surface area contributed by atoms with E-state index in [-0.39, 0.29) is 40.1 Å². The molecule has 0 saturated carbocycles. The van der Waals surface area contributed by atoms with Crippen molar-refractivity contribution in [2.45, 2.75) is 0 Å². The first-order valence-corrected chi connectivity index (χ1v) is 3.14. The maximum Gasteiger partial charge on any atom is 0.0733 e. The number of halogens is 1. The molecular formula is C8H9ClNOY-. The number of nitrogens with zero attached hydrogens (tertiary/aromatic N) is 1. The van der Waals surface area contributed by atoms with Gasteiger partial charge in [0.25, 0.3) is 0 Å². The zero-order chi connectivity index (χ0) is 7.40. The summed E-state index contributed by atoms with van der Waals surface area (Å²) >= 11 is 5.60. The van der Waals surface area contributed by atoms with Crippen LogP contribution in [0.25, 0.3) is 0 Å². The van der Waals surface area contributed by atoms with Crippen LogP contribution >= 0.6 is 11.6 Å². The largest absolute Gasteiger partial charge is 0.411 e. The first kappa shape index (κ1) is 14.6. The molecule has 1 N–H and O–H groups in total. The zero-order valence-electron chi connectivity index (χ0n) is 6.74. The minimum atomic E-state index is 0. The summed E-state index contributed by atoms with van der Waals surface area (Å²) in [5.41, 5.74) is 0.826. The van der Waals surface area contributed by atoms with E-state index >= 15 is 0 Å². The van der Waals surface area contributed by atoms with Crippen molar-refractivity contribution in [2.75, 3.05) is 0 Å². The van der Waals surface area contributed by atoms with Gasteiger partial charge in [0.2, 0.25) is 0 Å². The molecule has 0 aliphatic heterocycles. The monoisotopic (exact) mass is 259 g/mol. The second-order valence-electron chi connectivity index (χ2n) is 1.80. The Balaban J connectivity index is 0. The van der Waals surface area contributed by atoms with E-state index in [0.29, 0.717) is 5.02 Å². The van der Waals surface area contributed by atoms with E-state index in [1.165, 1.54) is 6.21 Å². The molecule has 0 bridgehead atoms. The average Bonchev–Trinajstić information content (AvgIpc) is 1.95. The molecule has 1 radical (unpaired) electrons. The van der Waals surface area contributed by atoms with Crippen molar-refractivity contribution >= 4 is 17.8 Å². The van der Waals surface area contributed by atoms with E-state index in [2.05, 4.69) is 5.16 Å². The molecule has 4 heteroatoms. The van der Waals surface area contributed by atoms with Crippen molar-refractivity contribution in [1.82, 2.24) is 0 Å². The van der Waals surface area contributed by atoms with Gasteiger partial charge in [-0.1, -0.05) is 28.9 Å². The molecule has 2 nitrogen and oxygen atoms in total. The van der Waals surface area contributed by atoms with Crippen LogP contribution in [0.5, 0.6) is 0 Å². The van der Waals surface area contributed by atoms with Gasteiger partial charge in [0.15, 0.2) is 0 Å². The molecule has 0 amide bonds. The Morgan fingerprint density at radius 3 is 2.17 bits per heavy atom. The molecule has 0 unspecified atom stereocenters. The van der Waals surface area contributed by atoms with Crippen LogP contribution in [0.4, 0.5) is 0 Å². The Hall–Kier alpha value is 0.0839. The predicted molar refractivity (Wildman–Crippen MR) is 47.2 cm³/mol. The molecule has 0 aromatic heterocycles. The van der Waals surface area contributed by atoms with Crippen molar-refractivity contribution < 1.29 is 37.9 Å². The van der Waals surface area contributed by atoms with Crippen molar-refractivity contribution in [3.05, 3.63) is 42.3 Å². The second kappa shape index (κ2) is 7.72. The zero-order valence-corrected chi connectivity index (χ0v) is 10.3. The number of benzene rings is 1. The minimum absolute atomic E-state index is 0. The van der Waals surface area contributed by atoms with E-state index in [1.54, 1.807) is 24.3 Å². The van der Waals surface area contributed by atoms with Crippen LogP contribution in [-0.4, -0.2) is 11.4 Å². The second-order valence-corrected chi connectivity index (χ2v) is 2.23. The summed E-state index contributed by atoms with van der Waals surface area (Å²) in [6, 6.07) is 7.00. The van der Waals surface area contributed by atoms with Gasteiger partial charge in [-0.05, 0) is 17.7 Å². The Morgan fingerprint density at radius 1 is 1.25 bits per heavy atom. The maximum atomic E-state index is 8.13. The van der Waals surface area contributed by atoms with Crippen LogP contribution < -0.4 is 0 Å². The van der Waals surface area contributed by atoms with Crippen LogP contribution in [0.15, 0.2) is 29.4 Å². The van der Waals surface area contributed by atoms with Gasteiger partial charge in [-0.15, -0.1) is 0 Å². The fourth-order valence-electron chi connectivity index (χ4n) is 0.616. The Labute approximate surface area is 102 Å². The van der Waals surface area contributed by atoms with Crippen molar-refractivity contribution in [2.24, 2.45) is 5.16 Å². The smallest absolute Gasteiger partial charge is 0.0733 e. The minimum Gasteiger partial charge on any atom is -0.411 e. The van der Waals surface area contributed by atoms with E-state index in [1.807, 2.05) is 0 Å². The van der Waals surface area contributed by atoms with E-state index in [4.69, 9.17) is 16.8 Å². The summed E-state index contributed by atoms with van der Waals surface area (Å²) in [5.74, 6) is 0. The molecule has 0 heterocycles. The van der Waals surface area contributed by atoms with Gasteiger partial charge < -0.3 is 12.6 Å². The van der Waals surface area contributed by atoms with Crippen molar-refractivity contribution in [1.29, 1.82) is 0 Å². The molecule has 0 atom stereocenters. The topological polar surface area (TPSA) is 32.6 Å². The summed E-state index contributed by atoms with van der Waals surface area (Å²) in [6.07, 6.45) is 1.34. The fraction of sp³-hybridized carbons (Fsp3) is 0. The Bertz CT molecular complexity index is 235. The molecule has 0 fully saturated rings. The standard InChI is InChI=1S/C7H6ClNO.CH3.Y/c8-7-3-1-6(2-4-7)5-9-10;;/h1-5,10H;1H3;/q;-1;/b9-5+;;. The number of oxime groups is 1. The molecule has 63 valence electrons. The number of hydrogen-bond donors (Lipinski definition) is 1. The Morgan fingerprint density at radius 2 is 1.75 bits per heavy atom. The summed E-state index contributed by atoms with van der Waals surface area (Å²) < 4.78 is 0. The van der Waals surface area contributed by atoms with E-state index < -0.39 is 0 Å². The third kappa shape index (κ3) is 4.86. The van der Waals surface area contributed by atoms with E-state index in [0.717, 1.165) is 5.56 Å². The maximum absolute atomic E-state index is 8.13. The molecule has 1 rings (SSSR count). The first-order valence-electron chi connectivity index (χ1n) is 2.76. The van der Waals surface area contributed by atoms with Gasteiger partial charge in [-0.3, -0.25) is 0 Å². The molecule has 0 aliphatic rings. The molecule has 1 aromatic carbocycles. The van der Waals surface area contributed by atoms with Crippen LogP contribution in [0.2, 0.25) is 5.02 Å². The third-order valence-corrected chi connectivity index (χ3v) is 1.33. The van der Waals surface area contributed by atoms with Crippen LogP contribution in [0, 0.1) is 7.43 Å². The molecule has 0 aliphatic carbocycles. The molecule has 12 heavy (non-hydrogen) atoms. The van der Waals surface area contributed by atoms with Crippen molar-refractivity contribution in [3.8, 4) is 0 Å². The normalized spacial score (nSPS) is 8.75. The quantitative estimate of drug-likeness (QED) is 0.357. The summed E-state index contributed by atoms with van der Waals surface area (Å²) in [5, 5.41) is 11.7. The summed E-state index contributed by atoms with van der Waals surface area (Å²) in [4.78, 5) is 0. The number of rotatable bonds is 1. The van der Waals surface area contributed by atoms with Crippen LogP contribution in [0.3, 0.4) is 0 Å². The first-order chi connectivity index (χ1) is 4.83.